The lowest BCUT2D eigenvalue weighted by Crippen LogP contribution is -2.09. The molecule has 11 rings (SSSR count). The number of para-hydroxylation sites is 1. The maximum Gasteiger partial charge on any atom is 0.0467 e. The molecule has 0 saturated heterocycles. The van der Waals surface area contributed by atoms with Crippen molar-refractivity contribution in [2.24, 2.45) is 0 Å². The topological polar surface area (TPSA) is 3.24 Å². The molecule has 0 aromatic heterocycles. The fraction of sp³-hybridized carbons (Fsp3) is 0. The fourth-order valence-corrected chi connectivity index (χ4v) is 8.94. The van der Waals surface area contributed by atoms with Crippen LogP contribution in [0.3, 0.4) is 0 Å². The minimum atomic E-state index is 1.10. The molecule has 0 radical (unpaired) electrons. The Bertz CT molecular complexity index is 3300. The first-order chi connectivity index (χ1) is 29.2. The molecule has 0 fully saturated rings. The van der Waals surface area contributed by atoms with Gasteiger partial charge in [0.1, 0.15) is 0 Å². The van der Waals surface area contributed by atoms with Gasteiger partial charge >= 0.3 is 0 Å². The minimum Gasteiger partial charge on any atom is -0.310 e. The van der Waals surface area contributed by atoms with Gasteiger partial charge in [0.15, 0.2) is 0 Å². The van der Waals surface area contributed by atoms with Crippen LogP contribution in [-0.4, -0.2) is 0 Å². The Labute approximate surface area is 344 Å². The average molecular weight is 750 g/mol. The predicted molar refractivity (Wildman–Crippen MR) is 253 cm³/mol. The van der Waals surface area contributed by atoms with Crippen LogP contribution in [0.2, 0.25) is 0 Å². The van der Waals surface area contributed by atoms with Crippen LogP contribution in [0, 0.1) is 0 Å². The SMILES string of the molecule is c1ccc(-c2cc(-c3ccc4ccc5ccc6ccccc6c5c4c3)ccc2-c2cccc(N(c3ccccc3)c3ccc(-c4cccc5ccccc45)cc3)c2)cc1. The third-order valence-electron chi connectivity index (χ3n) is 11.8. The maximum atomic E-state index is 2.39. The number of fused-ring (bicyclic) bond motifs is 6. The van der Waals surface area contributed by atoms with Gasteiger partial charge in [-0.2, -0.15) is 0 Å². The zero-order valence-electron chi connectivity index (χ0n) is 32.5. The van der Waals surface area contributed by atoms with Gasteiger partial charge in [0.25, 0.3) is 0 Å². The highest BCUT2D eigenvalue weighted by Crippen LogP contribution is 2.42. The molecule has 59 heavy (non-hydrogen) atoms. The van der Waals surface area contributed by atoms with E-state index in [1.165, 1.54) is 82.0 Å². The van der Waals surface area contributed by atoms with Crippen LogP contribution >= 0.6 is 0 Å². The van der Waals surface area contributed by atoms with Crippen LogP contribution in [-0.2, 0) is 0 Å². The van der Waals surface area contributed by atoms with Crippen molar-refractivity contribution in [1.29, 1.82) is 0 Å². The molecule has 1 nitrogen and oxygen atoms in total. The highest BCUT2D eigenvalue weighted by molar-refractivity contribution is 6.20. The molecule has 0 aliphatic carbocycles. The van der Waals surface area contributed by atoms with E-state index in [-0.39, 0.29) is 0 Å². The Hall–Kier alpha value is -7.74. The van der Waals surface area contributed by atoms with Crippen LogP contribution in [0.25, 0.3) is 87.6 Å². The lowest BCUT2D eigenvalue weighted by Gasteiger charge is -2.26. The van der Waals surface area contributed by atoms with Gasteiger partial charge in [-0.25, -0.2) is 0 Å². The van der Waals surface area contributed by atoms with E-state index in [1.807, 2.05) is 0 Å². The summed E-state index contributed by atoms with van der Waals surface area (Å²) in [4.78, 5) is 2.36. The van der Waals surface area contributed by atoms with Gasteiger partial charge in [-0.15, -0.1) is 0 Å². The molecule has 0 bridgehead atoms. The second-order valence-electron chi connectivity index (χ2n) is 15.3. The maximum absolute atomic E-state index is 2.39. The summed E-state index contributed by atoms with van der Waals surface area (Å²) in [6, 6.07) is 86.2. The fourth-order valence-electron chi connectivity index (χ4n) is 8.94. The predicted octanol–water partition coefficient (Wildman–Crippen LogP) is 16.4. The van der Waals surface area contributed by atoms with Crippen molar-refractivity contribution >= 4 is 60.2 Å². The summed E-state index contributed by atoms with van der Waals surface area (Å²) < 4.78 is 0. The molecule has 1 heteroatoms. The van der Waals surface area contributed by atoms with E-state index in [0.29, 0.717) is 0 Å². The normalized spacial score (nSPS) is 11.4. The van der Waals surface area contributed by atoms with Crippen molar-refractivity contribution in [3.05, 3.63) is 237 Å². The molecule has 0 amide bonds. The molecule has 276 valence electrons. The largest absolute Gasteiger partial charge is 0.310 e. The summed E-state index contributed by atoms with van der Waals surface area (Å²) in [5.41, 5.74) is 12.9. The Morgan fingerprint density at radius 2 is 0.729 bits per heavy atom. The summed E-state index contributed by atoms with van der Waals surface area (Å²) in [6.07, 6.45) is 0. The van der Waals surface area contributed by atoms with Gasteiger partial charge in [-0.3, -0.25) is 0 Å². The summed E-state index contributed by atoms with van der Waals surface area (Å²) in [6.45, 7) is 0. The molecule has 0 saturated carbocycles. The van der Waals surface area contributed by atoms with Crippen molar-refractivity contribution in [3.63, 3.8) is 0 Å². The lowest BCUT2D eigenvalue weighted by atomic mass is 9.89. The number of rotatable bonds is 7. The first kappa shape index (κ1) is 34.5. The van der Waals surface area contributed by atoms with E-state index in [4.69, 9.17) is 0 Å². The van der Waals surface area contributed by atoms with Crippen LogP contribution in [0.5, 0.6) is 0 Å². The van der Waals surface area contributed by atoms with E-state index in [9.17, 15) is 0 Å². The quantitative estimate of drug-likeness (QED) is 0.147. The molecule has 0 atom stereocenters. The Kier molecular flexibility index (Phi) is 8.56. The molecule has 0 N–H and O–H groups in total. The summed E-state index contributed by atoms with van der Waals surface area (Å²) in [7, 11) is 0. The summed E-state index contributed by atoms with van der Waals surface area (Å²) in [5, 5.41) is 10.2. The number of nitrogens with zero attached hydrogens (tertiary/aromatic N) is 1. The van der Waals surface area contributed by atoms with Crippen molar-refractivity contribution in [2.45, 2.75) is 0 Å². The van der Waals surface area contributed by atoms with E-state index in [1.54, 1.807) is 0 Å². The monoisotopic (exact) mass is 749 g/mol. The van der Waals surface area contributed by atoms with E-state index in [0.717, 1.165) is 22.6 Å². The number of anilines is 3. The third kappa shape index (κ3) is 6.30. The standard InChI is InChI=1S/C58H39N/c1-3-13-41(14-4-1)56-38-47(46-30-27-44-26-29-45-28-25-42-16-8-10-23-55(42)58(45)57(44)39-46)33-36-54(56)48-18-11-21-51(37-48)59(49-19-5-2-6-20-49)50-34-31-43(32-35-50)53-24-12-17-40-15-7-9-22-52(40)53/h1-39H. The second-order valence-corrected chi connectivity index (χ2v) is 15.3. The minimum absolute atomic E-state index is 1.10. The van der Waals surface area contributed by atoms with Crippen molar-refractivity contribution in [1.82, 2.24) is 0 Å². The molecule has 11 aromatic rings. The first-order valence-corrected chi connectivity index (χ1v) is 20.3. The summed E-state index contributed by atoms with van der Waals surface area (Å²) >= 11 is 0. The zero-order chi connectivity index (χ0) is 39.1. The van der Waals surface area contributed by atoms with Crippen LogP contribution in [0.1, 0.15) is 0 Å². The molecule has 0 spiro atoms. The third-order valence-corrected chi connectivity index (χ3v) is 11.8. The molecule has 0 aliphatic rings. The van der Waals surface area contributed by atoms with E-state index < -0.39 is 0 Å². The Morgan fingerprint density at radius 1 is 0.220 bits per heavy atom. The average Bonchev–Trinajstić information content (AvgIpc) is 3.32. The molecular weight excluding hydrogens is 711 g/mol. The van der Waals surface area contributed by atoms with Crippen molar-refractivity contribution in [2.75, 3.05) is 4.90 Å². The highest BCUT2D eigenvalue weighted by Gasteiger charge is 2.17. The smallest absolute Gasteiger partial charge is 0.0467 e. The van der Waals surface area contributed by atoms with Crippen molar-refractivity contribution in [3.8, 4) is 44.5 Å². The highest BCUT2D eigenvalue weighted by atomic mass is 15.1. The van der Waals surface area contributed by atoms with Crippen molar-refractivity contribution < 1.29 is 0 Å². The first-order valence-electron chi connectivity index (χ1n) is 20.3. The van der Waals surface area contributed by atoms with E-state index in [2.05, 4.69) is 241 Å². The zero-order valence-corrected chi connectivity index (χ0v) is 32.5. The lowest BCUT2D eigenvalue weighted by molar-refractivity contribution is 1.28. The number of hydrogen-bond acceptors (Lipinski definition) is 1. The van der Waals surface area contributed by atoms with Gasteiger partial charge in [0, 0.05) is 17.1 Å². The Morgan fingerprint density at radius 3 is 1.53 bits per heavy atom. The molecule has 11 aromatic carbocycles. The Balaban J connectivity index is 1.02. The van der Waals surface area contributed by atoms with Crippen LogP contribution < -0.4 is 4.90 Å². The second kappa shape index (κ2) is 14.6. The summed E-state index contributed by atoms with van der Waals surface area (Å²) in [5.74, 6) is 0. The molecule has 0 heterocycles. The van der Waals surface area contributed by atoms with Gasteiger partial charge in [0.2, 0.25) is 0 Å². The van der Waals surface area contributed by atoms with Gasteiger partial charge in [0.05, 0.1) is 0 Å². The number of benzene rings is 11. The van der Waals surface area contributed by atoms with Gasteiger partial charge in [-0.1, -0.05) is 188 Å². The number of hydrogen-bond donors (Lipinski definition) is 0. The van der Waals surface area contributed by atoms with E-state index >= 15 is 0 Å². The molecule has 0 aliphatic heterocycles. The van der Waals surface area contributed by atoms with Crippen LogP contribution in [0.15, 0.2) is 237 Å². The molecule has 0 unspecified atom stereocenters. The van der Waals surface area contributed by atoms with Crippen LogP contribution in [0.4, 0.5) is 17.1 Å². The van der Waals surface area contributed by atoms with Gasteiger partial charge in [-0.05, 0) is 136 Å². The molecular formula is C58H39N. The van der Waals surface area contributed by atoms with Gasteiger partial charge < -0.3 is 4.90 Å².